The van der Waals surface area contributed by atoms with Crippen LogP contribution in [-0.4, -0.2) is 60.4 Å². The molecule has 1 heterocycles. The van der Waals surface area contributed by atoms with Crippen LogP contribution in [0.1, 0.15) is 26.7 Å². The zero-order valence-corrected chi connectivity index (χ0v) is 15.7. The van der Waals surface area contributed by atoms with Crippen molar-refractivity contribution >= 4 is 23.5 Å². The molecule has 1 aromatic rings. The minimum absolute atomic E-state index is 0.0315. The van der Waals surface area contributed by atoms with Gasteiger partial charge in [0.15, 0.2) is 0 Å². The van der Waals surface area contributed by atoms with E-state index in [1.807, 2.05) is 44.2 Å². The molecular formula is C19H28N4O3. The van der Waals surface area contributed by atoms with Gasteiger partial charge in [-0.2, -0.15) is 0 Å². The van der Waals surface area contributed by atoms with Crippen LogP contribution in [0.5, 0.6) is 0 Å². The first-order valence-corrected chi connectivity index (χ1v) is 9.02. The number of hydrogen-bond donors (Lipinski definition) is 2. The second-order valence-corrected chi connectivity index (χ2v) is 7.00. The topological polar surface area (TPSA) is 81.8 Å². The third-order valence-electron chi connectivity index (χ3n) is 4.29. The van der Waals surface area contributed by atoms with Gasteiger partial charge in [0, 0.05) is 31.9 Å². The zero-order valence-electron chi connectivity index (χ0n) is 15.7. The molecule has 7 heteroatoms. The molecular weight excluding hydrogens is 332 g/mol. The third kappa shape index (κ3) is 5.75. The first-order chi connectivity index (χ1) is 12.4. The van der Waals surface area contributed by atoms with Crippen molar-refractivity contribution in [2.75, 3.05) is 32.0 Å². The summed E-state index contributed by atoms with van der Waals surface area (Å²) in [5, 5.41) is 5.63. The second kappa shape index (κ2) is 9.22. The quantitative estimate of drug-likeness (QED) is 0.842. The SMILES string of the molecule is CC(C)NC(=O)CN(C)C(=O)[C@@H]1CCCN(C(=O)Nc2ccccc2)C1. The average molecular weight is 360 g/mol. The van der Waals surface area contributed by atoms with Crippen LogP contribution in [-0.2, 0) is 9.59 Å². The van der Waals surface area contributed by atoms with Crippen LogP contribution in [0.4, 0.5) is 10.5 Å². The summed E-state index contributed by atoms with van der Waals surface area (Å²) in [6, 6.07) is 9.09. The highest BCUT2D eigenvalue weighted by Crippen LogP contribution is 2.19. The van der Waals surface area contributed by atoms with Crippen molar-refractivity contribution in [2.45, 2.75) is 32.7 Å². The van der Waals surface area contributed by atoms with Crippen molar-refractivity contribution in [3.05, 3.63) is 30.3 Å². The van der Waals surface area contributed by atoms with Gasteiger partial charge >= 0.3 is 6.03 Å². The van der Waals surface area contributed by atoms with Crippen LogP contribution in [0.2, 0.25) is 0 Å². The van der Waals surface area contributed by atoms with Gasteiger partial charge in [-0.05, 0) is 38.8 Å². The maximum absolute atomic E-state index is 12.6. The molecule has 0 unspecified atom stereocenters. The molecule has 1 aliphatic rings. The van der Waals surface area contributed by atoms with Gasteiger partial charge in [0.25, 0.3) is 0 Å². The van der Waals surface area contributed by atoms with Crippen LogP contribution in [0, 0.1) is 5.92 Å². The van der Waals surface area contributed by atoms with Gasteiger partial charge in [-0.25, -0.2) is 4.79 Å². The Morgan fingerprint density at radius 2 is 1.92 bits per heavy atom. The van der Waals surface area contributed by atoms with E-state index >= 15 is 0 Å². The molecule has 0 saturated carbocycles. The molecule has 2 rings (SSSR count). The smallest absolute Gasteiger partial charge is 0.321 e. The highest BCUT2D eigenvalue weighted by Gasteiger charge is 2.30. The lowest BCUT2D eigenvalue weighted by Gasteiger charge is -2.33. The summed E-state index contributed by atoms with van der Waals surface area (Å²) in [4.78, 5) is 40.0. The van der Waals surface area contributed by atoms with E-state index in [9.17, 15) is 14.4 Å². The number of likely N-dealkylation sites (N-methyl/N-ethyl adjacent to an activating group) is 1. The zero-order chi connectivity index (χ0) is 19.1. The molecule has 7 nitrogen and oxygen atoms in total. The minimum atomic E-state index is -0.276. The van der Waals surface area contributed by atoms with E-state index in [2.05, 4.69) is 10.6 Å². The maximum atomic E-state index is 12.6. The van der Waals surface area contributed by atoms with E-state index in [-0.39, 0.29) is 36.3 Å². The molecule has 1 aliphatic heterocycles. The molecule has 0 spiro atoms. The van der Waals surface area contributed by atoms with E-state index in [4.69, 9.17) is 0 Å². The monoisotopic (exact) mass is 360 g/mol. The average Bonchev–Trinajstić information content (AvgIpc) is 2.61. The number of para-hydroxylation sites is 1. The fourth-order valence-corrected chi connectivity index (χ4v) is 3.06. The molecule has 0 aromatic heterocycles. The number of amides is 4. The number of urea groups is 1. The van der Waals surface area contributed by atoms with Crippen molar-refractivity contribution in [3.63, 3.8) is 0 Å². The number of hydrogen-bond acceptors (Lipinski definition) is 3. The summed E-state index contributed by atoms with van der Waals surface area (Å²) in [5.41, 5.74) is 0.730. The Morgan fingerprint density at radius 3 is 2.58 bits per heavy atom. The molecule has 4 amide bonds. The molecule has 0 bridgehead atoms. The van der Waals surface area contributed by atoms with Gasteiger partial charge in [0.05, 0.1) is 12.5 Å². The molecule has 0 radical (unpaired) electrons. The van der Waals surface area contributed by atoms with Gasteiger partial charge in [0.1, 0.15) is 0 Å². The van der Waals surface area contributed by atoms with Gasteiger partial charge in [-0.15, -0.1) is 0 Å². The van der Waals surface area contributed by atoms with Gasteiger partial charge in [-0.3, -0.25) is 9.59 Å². The van der Waals surface area contributed by atoms with Gasteiger partial charge in [-0.1, -0.05) is 18.2 Å². The summed E-state index contributed by atoms with van der Waals surface area (Å²) < 4.78 is 0. The number of likely N-dealkylation sites (tertiary alicyclic amines) is 1. The summed E-state index contributed by atoms with van der Waals surface area (Å²) in [7, 11) is 1.63. The van der Waals surface area contributed by atoms with E-state index in [0.29, 0.717) is 13.1 Å². The Bertz CT molecular complexity index is 633. The molecule has 26 heavy (non-hydrogen) atoms. The second-order valence-electron chi connectivity index (χ2n) is 7.00. The summed E-state index contributed by atoms with van der Waals surface area (Å²) >= 11 is 0. The summed E-state index contributed by atoms with van der Waals surface area (Å²) in [6.07, 6.45) is 1.49. The Balaban J connectivity index is 1.89. The first-order valence-electron chi connectivity index (χ1n) is 9.02. The number of piperidine rings is 1. The van der Waals surface area contributed by atoms with Gasteiger partial charge in [0.2, 0.25) is 11.8 Å². The van der Waals surface area contributed by atoms with E-state index in [0.717, 1.165) is 18.5 Å². The first kappa shape index (κ1) is 19.8. The predicted octanol–water partition coefficient (Wildman–Crippen LogP) is 1.91. The lowest BCUT2D eigenvalue weighted by Crippen LogP contribution is -2.49. The van der Waals surface area contributed by atoms with E-state index in [1.165, 1.54) is 4.90 Å². The molecule has 1 fully saturated rings. The molecule has 1 saturated heterocycles. The number of carbonyl (C=O) groups excluding carboxylic acids is 3. The van der Waals surface area contributed by atoms with E-state index < -0.39 is 0 Å². The number of anilines is 1. The van der Waals surface area contributed by atoms with Crippen molar-refractivity contribution < 1.29 is 14.4 Å². The van der Waals surface area contributed by atoms with Crippen molar-refractivity contribution in [2.24, 2.45) is 5.92 Å². The lowest BCUT2D eigenvalue weighted by atomic mass is 9.97. The van der Waals surface area contributed by atoms with E-state index in [1.54, 1.807) is 11.9 Å². The Kier molecular flexibility index (Phi) is 7.00. The predicted molar refractivity (Wildman–Crippen MR) is 101 cm³/mol. The third-order valence-corrected chi connectivity index (χ3v) is 4.29. The normalized spacial score (nSPS) is 16.9. The summed E-state index contributed by atoms with van der Waals surface area (Å²) in [5.74, 6) is -0.548. The van der Waals surface area contributed by atoms with Crippen LogP contribution in [0.3, 0.4) is 0 Å². The minimum Gasteiger partial charge on any atom is -0.352 e. The Hall–Kier alpha value is -2.57. The largest absolute Gasteiger partial charge is 0.352 e. The molecule has 0 aliphatic carbocycles. The Labute approximate surface area is 154 Å². The van der Waals surface area contributed by atoms with Crippen molar-refractivity contribution in [1.29, 1.82) is 0 Å². The number of nitrogens with one attached hydrogen (secondary N) is 2. The lowest BCUT2D eigenvalue weighted by molar-refractivity contribution is -0.139. The molecule has 142 valence electrons. The fraction of sp³-hybridized carbons (Fsp3) is 0.526. The summed E-state index contributed by atoms with van der Waals surface area (Å²) in [6.45, 7) is 4.78. The molecule has 1 aromatic carbocycles. The number of carbonyl (C=O) groups is 3. The van der Waals surface area contributed by atoms with Crippen molar-refractivity contribution in [3.8, 4) is 0 Å². The van der Waals surface area contributed by atoms with Crippen LogP contribution in [0.15, 0.2) is 30.3 Å². The van der Waals surface area contributed by atoms with Crippen LogP contribution >= 0.6 is 0 Å². The highest BCUT2D eigenvalue weighted by atomic mass is 16.2. The highest BCUT2D eigenvalue weighted by molar-refractivity contribution is 5.90. The fourth-order valence-electron chi connectivity index (χ4n) is 3.06. The van der Waals surface area contributed by atoms with Gasteiger partial charge < -0.3 is 20.4 Å². The van der Waals surface area contributed by atoms with Crippen LogP contribution < -0.4 is 10.6 Å². The molecule has 2 N–H and O–H groups in total. The van der Waals surface area contributed by atoms with Crippen LogP contribution in [0.25, 0.3) is 0 Å². The number of benzene rings is 1. The van der Waals surface area contributed by atoms with Crippen molar-refractivity contribution in [1.82, 2.24) is 15.1 Å². The standard InChI is InChI=1S/C19H28N4O3/c1-14(2)20-17(24)13-22(3)18(25)15-8-7-11-23(12-15)19(26)21-16-9-5-4-6-10-16/h4-6,9-10,14-15H,7-8,11-13H2,1-3H3,(H,20,24)(H,21,26)/t15-/m1/s1. The molecule has 1 atom stereocenters. The number of rotatable bonds is 5. The number of nitrogens with zero attached hydrogens (tertiary/aromatic N) is 2. The maximum Gasteiger partial charge on any atom is 0.321 e. The Morgan fingerprint density at radius 1 is 1.23 bits per heavy atom.